The van der Waals surface area contributed by atoms with Crippen molar-refractivity contribution < 1.29 is 24.2 Å². The second-order valence-corrected chi connectivity index (χ2v) is 6.21. The van der Waals surface area contributed by atoms with Gasteiger partial charge in [0.2, 0.25) is 11.8 Å². The van der Waals surface area contributed by atoms with E-state index in [4.69, 9.17) is 9.84 Å². The number of carboxylic acid groups (broad SMARTS) is 1. The van der Waals surface area contributed by atoms with E-state index in [1.807, 2.05) is 6.92 Å². The molecule has 2 aromatic rings. The number of benzene rings is 2. The maximum Gasteiger partial charge on any atom is 0.335 e. The lowest BCUT2D eigenvalue weighted by molar-refractivity contribution is -0.122. The molecule has 1 fully saturated rings. The number of hydrogen-bond acceptors (Lipinski definition) is 4. The van der Waals surface area contributed by atoms with Gasteiger partial charge >= 0.3 is 5.97 Å². The van der Waals surface area contributed by atoms with E-state index < -0.39 is 11.9 Å². The number of carbonyl (C=O) groups excluding carboxylic acids is 2. The Kier molecular flexibility index (Phi) is 5.40. The van der Waals surface area contributed by atoms with Gasteiger partial charge in [-0.3, -0.25) is 9.59 Å². The van der Waals surface area contributed by atoms with Gasteiger partial charge in [-0.2, -0.15) is 0 Å². The lowest BCUT2D eigenvalue weighted by Crippen LogP contribution is -2.28. The summed E-state index contributed by atoms with van der Waals surface area (Å²) in [6.07, 6.45) is 0.109. The number of nitrogens with one attached hydrogen (secondary N) is 1. The molecular formula is C20H20N2O5. The van der Waals surface area contributed by atoms with Gasteiger partial charge in [0.15, 0.2) is 0 Å². The first kappa shape index (κ1) is 18.4. The molecule has 1 atom stereocenters. The van der Waals surface area contributed by atoms with Crippen molar-refractivity contribution in [2.24, 2.45) is 5.92 Å². The molecule has 140 valence electrons. The second kappa shape index (κ2) is 7.90. The van der Waals surface area contributed by atoms with Crippen LogP contribution in [0.25, 0.3) is 0 Å². The van der Waals surface area contributed by atoms with Crippen LogP contribution in [0.1, 0.15) is 23.7 Å². The maximum absolute atomic E-state index is 12.5. The summed E-state index contributed by atoms with van der Waals surface area (Å²) in [5.41, 5.74) is 1.20. The summed E-state index contributed by atoms with van der Waals surface area (Å²) < 4.78 is 5.39. The molecule has 0 aliphatic carbocycles. The molecule has 7 heteroatoms. The smallest absolute Gasteiger partial charge is 0.335 e. The van der Waals surface area contributed by atoms with Crippen molar-refractivity contribution in [2.45, 2.75) is 13.3 Å². The normalized spacial score (nSPS) is 16.3. The number of amides is 2. The molecule has 2 aromatic carbocycles. The van der Waals surface area contributed by atoms with Crippen molar-refractivity contribution in [3.05, 3.63) is 54.1 Å². The van der Waals surface area contributed by atoms with E-state index in [2.05, 4.69) is 5.32 Å². The van der Waals surface area contributed by atoms with Crippen LogP contribution in [0.3, 0.4) is 0 Å². The minimum absolute atomic E-state index is 0.0892. The monoisotopic (exact) mass is 368 g/mol. The highest BCUT2D eigenvalue weighted by molar-refractivity contribution is 6.03. The van der Waals surface area contributed by atoms with Crippen LogP contribution in [0.2, 0.25) is 0 Å². The zero-order valence-corrected chi connectivity index (χ0v) is 14.8. The Morgan fingerprint density at radius 3 is 2.63 bits per heavy atom. The molecule has 3 rings (SSSR count). The number of carbonyl (C=O) groups is 3. The molecule has 2 N–H and O–H groups in total. The van der Waals surface area contributed by atoms with Crippen molar-refractivity contribution in [1.29, 1.82) is 0 Å². The fraction of sp³-hybridized carbons (Fsp3) is 0.250. The minimum atomic E-state index is -1.07. The molecule has 2 amide bonds. The number of anilines is 2. The van der Waals surface area contributed by atoms with Gasteiger partial charge < -0.3 is 20.1 Å². The summed E-state index contributed by atoms with van der Waals surface area (Å²) in [6.45, 7) is 2.73. The van der Waals surface area contributed by atoms with E-state index in [9.17, 15) is 14.4 Å². The van der Waals surface area contributed by atoms with Gasteiger partial charge in [-0.05, 0) is 49.4 Å². The molecule has 0 aromatic heterocycles. The third-order valence-corrected chi connectivity index (χ3v) is 4.33. The highest BCUT2D eigenvalue weighted by atomic mass is 16.5. The van der Waals surface area contributed by atoms with Crippen LogP contribution >= 0.6 is 0 Å². The number of rotatable bonds is 6. The van der Waals surface area contributed by atoms with E-state index in [0.29, 0.717) is 18.0 Å². The van der Waals surface area contributed by atoms with Gasteiger partial charge in [0.1, 0.15) is 5.75 Å². The number of aromatic carboxylic acids is 1. The standard InChI is InChI=1S/C20H20N2O5/c1-2-27-17-8-6-16(7-9-17)22-12-14(11-18(22)23)19(24)21-15-5-3-4-13(10-15)20(25)26/h3-10,14H,2,11-12H2,1H3,(H,21,24)(H,25,26). The zero-order valence-electron chi connectivity index (χ0n) is 14.8. The molecule has 1 heterocycles. The Hall–Kier alpha value is -3.35. The molecule has 1 aliphatic heterocycles. The number of ether oxygens (including phenoxy) is 1. The van der Waals surface area contributed by atoms with Crippen LogP contribution in [0.15, 0.2) is 48.5 Å². The lowest BCUT2D eigenvalue weighted by Gasteiger charge is -2.17. The predicted octanol–water partition coefficient (Wildman–Crippen LogP) is 2.78. The van der Waals surface area contributed by atoms with Crippen molar-refractivity contribution in [1.82, 2.24) is 0 Å². The van der Waals surface area contributed by atoms with E-state index >= 15 is 0 Å². The SMILES string of the molecule is CCOc1ccc(N2CC(C(=O)Nc3cccc(C(=O)O)c3)CC2=O)cc1. The Balaban J connectivity index is 1.66. The highest BCUT2D eigenvalue weighted by Gasteiger charge is 2.35. The molecule has 0 radical (unpaired) electrons. The van der Waals surface area contributed by atoms with Crippen molar-refractivity contribution in [2.75, 3.05) is 23.4 Å². The summed E-state index contributed by atoms with van der Waals surface area (Å²) in [5, 5.41) is 11.7. The first-order chi connectivity index (χ1) is 13.0. The average Bonchev–Trinajstić information content (AvgIpc) is 3.05. The largest absolute Gasteiger partial charge is 0.494 e. The van der Waals surface area contributed by atoms with Gasteiger partial charge in [0.25, 0.3) is 0 Å². The Morgan fingerprint density at radius 2 is 1.96 bits per heavy atom. The van der Waals surface area contributed by atoms with Crippen LogP contribution in [-0.4, -0.2) is 36.0 Å². The molecule has 27 heavy (non-hydrogen) atoms. The maximum atomic E-state index is 12.5. The molecule has 0 spiro atoms. The van der Waals surface area contributed by atoms with Crippen molar-refractivity contribution in [3.63, 3.8) is 0 Å². The van der Waals surface area contributed by atoms with E-state index in [1.54, 1.807) is 41.3 Å². The molecule has 0 bridgehead atoms. The van der Waals surface area contributed by atoms with Crippen LogP contribution in [-0.2, 0) is 9.59 Å². The Bertz CT molecular complexity index is 863. The summed E-state index contributed by atoms with van der Waals surface area (Å²) in [5.74, 6) is -1.28. The number of carboxylic acids is 1. The van der Waals surface area contributed by atoms with Crippen LogP contribution < -0.4 is 15.0 Å². The summed E-state index contributed by atoms with van der Waals surface area (Å²) in [7, 11) is 0. The molecule has 0 saturated carbocycles. The van der Waals surface area contributed by atoms with Crippen LogP contribution in [0.4, 0.5) is 11.4 Å². The van der Waals surface area contributed by atoms with Crippen LogP contribution in [0.5, 0.6) is 5.75 Å². The first-order valence-corrected chi connectivity index (χ1v) is 8.65. The van der Waals surface area contributed by atoms with Gasteiger partial charge in [-0.25, -0.2) is 4.79 Å². The zero-order chi connectivity index (χ0) is 19.4. The molecule has 1 saturated heterocycles. The first-order valence-electron chi connectivity index (χ1n) is 8.65. The fourth-order valence-corrected chi connectivity index (χ4v) is 3.00. The molecule has 1 aliphatic rings. The van der Waals surface area contributed by atoms with Crippen molar-refractivity contribution >= 4 is 29.2 Å². The minimum Gasteiger partial charge on any atom is -0.494 e. The number of nitrogens with zero attached hydrogens (tertiary/aromatic N) is 1. The summed E-state index contributed by atoms with van der Waals surface area (Å²) in [4.78, 5) is 37.4. The molecule has 1 unspecified atom stereocenters. The van der Waals surface area contributed by atoms with Gasteiger partial charge in [0, 0.05) is 24.3 Å². The van der Waals surface area contributed by atoms with E-state index in [0.717, 1.165) is 5.75 Å². The summed E-state index contributed by atoms with van der Waals surface area (Å²) >= 11 is 0. The van der Waals surface area contributed by atoms with E-state index in [1.165, 1.54) is 12.1 Å². The number of hydrogen-bond donors (Lipinski definition) is 2. The van der Waals surface area contributed by atoms with Crippen LogP contribution in [0, 0.1) is 5.92 Å². The topological polar surface area (TPSA) is 95.9 Å². The Labute approximate surface area is 156 Å². The van der Waals surface area contributed by atoms with Gasteiger partial charge in [0.05, 0.1) is 18.1 Å². The third kappa shape index (κ3) is 4.25. The summed E-state index contributed by atoms with van der Waals surface area (Å²) in [6, 6.07) is 13.2. The predicted molar refractivity (Wildman–Crippen MR) is 100 cm³/mol. The highest BCUT2D eigenvalue weighted by Crippen LogP contribution is 2.27. The van der Waals surface area contributed by atoms with Crippen molar-refractivity contribution in [3.8, 4) is 5.75 Å². The Morgan fingerprint density at radius 1 is 1.22 bits per heavy atom. The van der Waals surface area contributed by atoms with Gasteiger partial charge in [-0.15, -0.1) is 0 Å². The quantitative estimate of drug-likeness (QED) is 0.817. The third-order valence-electron chi connectivity index (χ3n) is 4.33. The molecular weight excluding hydrogens is 348 g/mol. The fourth-order valence-electron chi connectivity index (χ4n) is 3.00. The van der Waals surface area contributed by atoms with E-state index in [-0.39, 0.29) is 30.3 Å². The lowest BCUT2D eigenvalue weighted by atomic mass is 10.1. The average molecular weight is 368 g/mol. The van der Waals surface area contributed by atoms with Gasteiger partial charge in [-0.1, -0.05) is 6.07 Å². The second-order valence-electron chi connectivity index (χ2n) is 6.21. The molecule has 7 nitrogen and oxygen atoms in total.